The molecule has 5 rings (SSSR count). The van der Waals surface area contributed by atoms with Crippen molar-refractivity contribution in [3.05, 3.63) is 59.7 Å². The molecule has 0 spiro atoms. The summed E-state index contributed by atoms with van der Waals surface area (Å²) < 4.78 is 0. The third-order valence-corrected chi connectivity index (χ3v) is 7.23. The van der Waals surface area contributed by atoms with E-state index in [-0.39, 0.29) is 0 Å². The summed E-state index contributed by atoms with van der Waals surface area (Å²) in [6, 6.07) is 18.3. The Labute approximate surface area is 169 Å². The molecule has 1 saturated heterocycles. The van der Waals surface area contributed by atoms with Crippen LogP contribution in [0.3, 0.4) is 0 Å². The van der Waals surface area contributed by atoms with Crippen LogP contribution in [0.25, 0.3) is 21.5 Å². The molecule has 0 bridgehead atoms. The molecule has 1 unspecified atom stereocenters. The van der Waals surface area contributed by atoms with E-state index in [0.29, 0.717) is 0 Å². The van der Waals surface area contributed by atoms with Gasteiger partial charge in [0.15, 0.2) is 0 Å². The Bertz CT molecular complexity index is 951. The first-order valence-electron chi connectivity index (χ1n) is 11.5. The van der Waals surface area contributed by atoms with Gasteiger partial charge in [-0.3, -0.25) is 0 Å². The van der Waals surface area contributed by atoms with Crippen LogP contribution in [-0.4, -0.2) is 24.5 Å². The van der Waals surface area contributed by atoms with E-state index in [2.05, 4.69) is 53.4 Å². The standard InChI is InChI=1S/C27H33N/c1-5-17-28(18-6-1)19-7-4-8-21-11-14-25-23(20-21)13-16-26-24-10-3-2-9-22(24)12-15-27(25)26/h2-3,9-10,12-13,15-16,21H,1,4-8,11,14,17-20H2. The Morgan fingerprint density at radius 1 is 0.786 bits per heavy atom. The molecule has 0 radical (unpaired) electrons. The van der Waals surface area contributed by atoms with Crippen LogP contribution in [0.15, 0.2) is 48.5 Å². The molecule has 1 heterocycles. The van der Waals surface area contributed by atoms with Gasteiger partial charge in [-0.2, -0.15) is 0 Å². The second kappa shape index (κ2) is 8.25. The number of hydrogen-bond acceptors (Lipinski definition) is 1. The van der Waals surface area contributed by atoms with Crippen molar-refractivity contribution in [2.75, 3.05) is 19.6 Å². The van der Waals surface area contributed by atoms with Crippen molar-refractivity contribution in [1.29, 1.82) is 0 Å². The van der Waals surface area contributed by atoms with E-state index >= 15 is 0 Å². The second-order valence-electron chi connectivity index (χ2n) is 9.09. The Morgan fingerprint density at radius 3 is 2.57 bits per heavy atom. The highest BCUT2D eigenvalue weighted by Crippen LogP contribution is 2.36. The monoisotopic (exact) mass is 371 g/mol. The normalized spacial score (nSPS) is 20.5. The Balaban J connectivity index is 1.24. The van der Waals surface area contributed by atoms with Gasteiger partial charge in [0.25, 0.3) is 0 Å². The van der Waals surface area contributed by atoms with Crippen molar-refractivity contribution < 1.29 is 0 Å². The van der Waals surface area contributed by atoms with Crippen LogP contribution in [0.1, 0.15) is 56.1 Å². The molecule has 1 heteroatoms. The van der Waals surface area contributed by atoms with E-state index in [1.807, 2.05) is 0 Å². The van der Waals surface area contributed by atoms with Crippen LogP contribution in [-0.2, 0) is 12.8 Å². The first-order valence-corrected chi connectivity index (χ1v) is 11.5. The fourth-order valence-corrected chi connectivity index (χ4v) is 5.64. The maximum absolute atomic E-state index is 2.69. The summed E-state index contributed by atoms with van der Waals surface area (Å²) in [6.07, 6.45) is 12.4. The molecule has 0 amide bonds. The van der Waals surface area contributed by atoms with Gasteiger partial charge >= 0.3 is 0 Å². The second-order valence-corrected chi connectivity index (χ2v) is 9.09. The van der Waals surface area contributed by atoms with Gasteiger partial charge in [-0.1, -0.05) is 67.8 Å². The number of unbranched alkanes of at least 4 members (excludes halogenated alkanes) is 1. The fraction of sp³-hybridized carbons (Fsp3) is 0.481. The van der Waals surface area contributed by atoms with Crippen LogP contribution >= 0.6 is 0 Å². The number of benzene rings is 3. The minimum absolute atomic E-state index is 0.895. The van der Waals surface area contributed by atoms with Crippen LogP contribution < -0.4 is 0 Å². The predicted octanol–water partition coefficient (Wildman–Crippen LogP) is 6.75. The smallest absolute Gasteiger partial charge is 0.00187 e. The zero-order chi connectivity index (χ0) is 18.8. The lowest BCUT2D eigenvalue weighted by molar-refractivity contribution is 0.222. The summed E-state index contributed by atoms with van der Waals surface area (Å²) in [5.74, 6) is 0.895. The average molecular weight is 372 g/mol. The summed E-state index contributed by atoms with van der Waals surface area (Å²) in [4.78, 5) is 2.69. The van der Waals surface area contributed by atoms with Crippen molar-refractivity contribution >= 4 is 21.5 Å². The lowest BCUT2D eigenvalue weighted by Gasteiger charge is -2.28. The number of hydrogen-bond donors (Lipinski definition) is 0. The van der Waals surface area contributed by atoms with E-state index in [0.717, 1.165) is 5.92 Å². The number of likely N-dealkylation sites (tertiary alicyclic amines) is 1. The minimum atomic E-state index is 0.895. The molecule has 1 aliphatic heterocycles. The number of aryl methyl sites for hydroxylation is 1. The zero-order valence-electron chi connectivity index (χ0n) is 17.1. The fourth-order valence-electron chi connectivity index (χ4n) is 5.64. The largest absolute Gasteiger partial charge is 0.303 e. The molecule has 146 valence electrons. The lowest BCUT2D eigenvalue weighted by Crippen LogP contribution is -2.30. The predicted molar refractivity (Wildman–Crippen MR) is 121 cm³/mol. The lowest BCUT2D eigenvalue weighted by atomic mass is 9.79. The van der Waals surface area contributed by atoms with Gasteiger partial charge in [-0.15, -0.1) is 0 Å². The summed E-state index contributed by atoms with van der Waals surface area (Å²) in [6.45, 7) is 4.03. The van der Waals surface area contributed by atoms with E-state index in [4.69, 9.17) is 0 Å². The van der Waals surface area contributed by atoms with Gasteiger partial charge in [0.1, 0.15) is 0 Å². The molecule has 0 saturated carbocycles. The number of nitrogens with zero attached hydrogens (tertiary/aromatic N) is 1. The van der Waals surface area contributed by atoms with Gasteiger partial charge in [0.05, 0.1) is 0 Å². The van der Waals surface area contributed by atoms with E-state index in [1.165, 1.54) is 99.0 Å². The van der Waals surface area contributed by atoms with Crippen molar-refractivity contribution in [1.82, 2.24) is 4.90 Å². The molecular formula is C27H33N. The van der Waals surface area contributed by atoms with Gasteiger partial charge in [-0.05, 0) is 96.7 Å². The molecule has 1 nitrogen and oxygen atoms in total. The van der Waals surface area contributed by atoms with Crippen molar-refractivity contribution in [3.8, 4) is 0 Å². The van der Waals surface area contributed by atoms with Crippen LogP contribution in [0.2, 0.25) is 0 Å². The zero-order valence-corrected chi connectivity index (χ0v) is 17.1. The molecule has 3 aromatic rings. The Morgan fingerprint density at radius 2 is 1.64 bits per heavy atom. The third-order valence-electron chi connectivity index (χ3n) is 7.23. The Hall–Kier alpha value is -1.86. The summed E-state index contributed by atoms with van der Waals surface area (Å²) >= 11 is 0. The van der Waals surface area contributed by atoms with Crippen LogP contribution in [0.5, 0.6) is 0 Å². The van der Waals surface area contributed by atoms with Gasteiger partial charge < -0.3 is 4.90 Å². The maximum atomic E-state index is 2.69. The molecule has 0 N–H and O–H groups in total. The van der Waals surface area contributed by atoms with Crippen molar-refractivity contribution in [2.45, 2.75) is 57.8 Å². The first kappa shape index (κ1) is 18.2. The minimum Gasteiger partial charge on any atom is -0.303 e. The summed E-state index contributed by atoms with van der Waals surface area (Å²) in [5, 5.41) is 5.71. The van der Waals surface area contributed by atoms with Gasteiger partial charge in [0, 0.05) is 0 Å². The molecule has 28 heavy (non-hydrogen) atoms. The summed E-state index contributed by atoms with van der Waals surface area (Å²) in [5.41, 5.74) is 3.25. The first-order chi connectivity index (χ1) is 13.9. The molecule has 1 aliphatic carbocycles. The van der Waals surface area contributed by atoms with Crippen molar-refractivity contribution in [2.24, 2.45) is 5.92 Å². The SMILES string of the molecule is c1ccc2c(c1)ccc1c3c(ccc12)CC(CCCCN1CCCCC1)CC3. The van der Waals surface area contributed by atoms with Gasteiger partial charge in [0.2, 0.25) is 0 Å². The molecule has 2 aliphatic rings. The number of piperidine rings is 1. The van der Waals surface area contributed by atoms with Crippen LogP contribution in [0, 0.1) is 5.92 Å². The number of rotatable bonds is 5. The Kier molecular flexibility index (Phi) is 5.36. The van der Waals surface area contributed by atoms with E-state index < -0.39 is 0 Å². The average Bonchev–Trinajstić information content (AvgIpc) is 2.77. The quantitative estimate of drug-likeness (QED) is 0.354. The van der Waals surface area contributed by atoms with E-state index in [9.17, 15) is 0 Å². The summed E-state index contributed by atoms with van der Waals surface area (Å²) in [7, 11) is 0. The van der Waals surface area contributed by atoms with Crippen molar-refractivity contribution in [3.63, 3.8) is 0 Å². The molecule has 1 fully saturated rings. The van der Waals surface area contributed by atoms with Gasteiger partial charge in [-0.25, -0.2) is 0 Å². The third kappa shape index (κ3) is 3.70. The molecule has 3 aromatic carbocycles. The highest BCUT2D eigenvalue weighted by molar-refractivity contribution is 6.08. The molecular weight excluding hydrogens is 338 g/mol. The topological polar surface area (TPSA) is 3.24 Å². The number of fused-ring (bicyclic) bond motifs is 5. The maximum Gasteiger partial charge on any atom is -0.00187 e. The molecule has 0 aromatic heterocycles. The van der Waals surface area contributed by atoms with E-state index in [1.54, 1.807) is 11.1 Å². The van der Waals surface area contributed by atoms with Crippen LogP contribution in [0.4, 0.5) is 0 Å². The highest BCUT2D eigenvalue weighted by atomic mass is 15.1. The molecule has 1 atom stereocenters. The highest BCUT2D eigenvalue weighted by Gasteiger charge is 2.20.